The Hall–Kier alpha value is -1.47. The van der Waals surface area contributed by atoms with Crippen LogP contribution < -0.4 is 4.72 Å². The van der Waals surface area contributed by atoms with Gasteiger partial charge in [0.25, 0.3) is 10.0 Å². The summed E-state index contributed by atoms with van der Waals surface area (Å²) in [6, 6.07) is 7.20. The van der Waals surface area contributed by atoms with Crippen LogP contribution in [0.1, 0.15) is 5.69 Å². The lowest BCUT2D eigenvalue weighted by Crippen LogP contribution is -2.13. The van der Waals surface area contributed by atoms with Crippen molar-refractivity contribution < 1.29 is 8.42 Å². The van der Waals surface area contributed by atoms with E-state index in [1.807, 2.05) is 18.4 Å². The molecule has 1 heterocycles. The summed E-state index contributed by atoms with van der Waals surface area (Å²) < 4.78 is 26.6. The molecule has 0 saturated carbocycles. The standard InChI is InChI=1S/C11H13N3O2S2/c1-8-11(7-12-13-8)18(15,16)14-9-3-5-10(17-2)6-4-9/h3-7,14H,1-2H3,(H,12,13). The molecule has 2 N–H and O–H groups in total. The molecule has 0 saturated heterocycles. The van der Waals surface area contributed by atoms with Crippen molar-refractivity contribution in [3.05, 3.63) is 36.2 Å². The number of aryl methyl sites for hydroxylation is 1. The summed E-state index contributed by atoms with van der Waals surface area (Å²) in [4.78, 5) is 1.24. The molecule has 0 radical (unpaired) electrons. The van der Waals surface area contributed by atoms with Gasteiger partial charge in [-0.3, -0.25) is 9.82 Å². The van der Waals surface area contributed by atoms with E-state index in [9.17, 15) is 8.42 Å². The van der Waals surface area contributed by atoms with Crippen LogP contribution in [0.5, 0.6) is 0 Å². The van der Waals surface area contributed by atoms with Gasteiger partial charge in [0.05, 0.1) is 11.9 Å². The summed E-state index contributed by atoms with van der Waals surface area (Å²) in [6.45, 7) is 1.67. The van der Waals surface area contributed by atoms with Crippen molar-refractivity contribution in [2.24, 2.45) is 0 Å². The molecule has 2 rings (SSSR count). The van der Waals surface area contributed by atoms with E-state index in [1.54, 1.807) is 30.8 Å². The molecule has 5 nitrogen and oxygen atoms in total. The quantitative estimate of drug-likeness (QED) is 0.844. The maximum atomic E-state index is 12.1. The van der Waals surface area contributed by atoms with Gasteiger partial charge in [-0.15, -0.1) is 11.8 Å². The molecule has 0 aliphatic carbocycles. The molecule has 0 aliphatic rings. The van der Waals surface area contributed by atoms with Gasteiger partial charge in [0.15, 0.2) is 0 Å². The average Bonchev–Trinajstić information content (AvgIpc) is 2.77. The molecule has 0 fully saturated rings. The van der Waals surface area contributed by atoms with Crippen LogP contribution in [-0.4, -0.2) is 24.9 Å². The second-order valence-electron chi connectivity index (χ2n) is 3.69. The van der Waals surface area contributed by atoms with E-state index in [1.165, 1.54) is 6.20 Å². The van der Waals surface area contributed by atoms with Crippen molar-refractivity contribution in [3.63, 3.8) is 0 Å². The maximum absolute atomic E-state index is 12.1. The lowest BCUT2D eigenvalue weighted by atomic mass is 10.3. The van der Waals surface area contributed by atoms with E-state index in [-0.39, 0.29) is 4.90 Å². The van der Waals surface area contributed by atoms with E-state index >= 15 is 0 Å². The Morgan fingerprint density at radius 3 is 2.44 bits per heavy atom. The Kier molecular flexibility index (Phi) is 3.63. The van der Waals surface area contributed by atoms with E-state index in [2.05, 4.69) is 14.9 Å². The number of H-pyrrole nitrogens is 1. The second-order valence-corrected chi connectivity index (χ2v) is 6.22. The van der Waals surface area contributed by atoms with Crippen LogP contribution in [0.3, 0.4) is 0 Å². The number of rotatable bonds is 4. The summed E-state index contributed by atoms with van der Waals surface area (Å²) in [5, 5.41) is 6.32. The maximum Gasteiger partial charge on any atom is 0.265 e. The predicted octanol–water partition coefficient (Wildman–Crippen LogP) is 2.24. The Balaban J connectivity index is 2.25. The van der Waals surface area contributed by atoms with Crippen LogP contribution in [0, 0.1) is 6.92 Å². The van der Waals surface area contributed by atoms with E-state index in [0.29, 0.717) is 11.4 Å². The van der Waals surface area contributed by atoms with Crippen molar-refractivity contribution in [3.8, 4) is 0 Å². The van der Waals surface area contributed by atoms with Gasteiger partial charge in [-0.2, -0.15) is 5.10 Å². The fraction of sp³-hybridized carbons (Fsp3) is 0.182. The molecule has 7 heteroatoms. The normalized spacial score (nSPS) is 11.4. The minimum atomic E-state index is -3.57. The van der Waals surface area contributed by atoms with Crippen LogP contribution >= 0.6 is 11.8 Å². The molecule has 18 heavy (non-hydrogen) atoms. The molecule has 1 aromatic heterocycles. The summed E-state index contributed by atoms with van der Waals surface area (Å²) in [7, 11) is -3.57. The van der Waals surface area contributed by atoms with E-state index in [4.69, 9.17) is 0 Å². The highest BCUT2D eigenvalue weighted by atomic mass is 32.2. The zero-order valence-corrected chi connectivity index (χ0v) is 11.6. The number of nitrogens with zero attached hydrogens (tertiary/aromatic N) is 1. The summed E-state index contributed by atoms with van der Waals surface area (Å²) in [5.74, 6) is 0. The number of hydrogen-bond acceptors (Lipinski definition) is 4. The first-order valence-electron chi connectivity index (χ1n) is 5.20. The van der Waals surface area contributed by atoms with Crippen LogP contribution in [0.15, 0.2) is 40.3 Å². The number of thioether (sulfide) groups is 1. The molecule has 0 amide bonds. The summed E-state index contributed by atoms with van der Waals surface area (Å²) >= 11 is 1.60. The topological polar surface area (TPSA) is 74.8 Å². The highest BCUT2D eigenvalue weighted by molar-refractivity contribution is 7.98. The van der Waals surface area contributed by atoms with Crippen molar-refractivity contribution in [2.45, 2.75) is 16.7 Å². The first-order valence-corrected chi connectivity index (χ1v) is 7.90. The number of nitrogens with one attached hydrogen (secondary N) is 2. The molecular weight excluding hydrogens is 270 g/mol. The lowest BCUT2D eigenvalue weighted by molar-refractivity contribution is 0.600. The Labute approximate surface area is 110 Å². The first kappa shape index (κ1) is 13.0. The zero-order valence-electron chi connectivity index (χ0n) is 9.97. The molecule has 2 aromatic rings. The molecule has 0 aliphatic heterocycles. The molecule has 96 valence electrons. The molecule has 1 aromatic carbocycles. The van der Waals surface area contributed by atoms with Crippen molar-refractivity contribution in [1.82, 2.24) is 10.2 Å². The van der Waals surface area contributed by atoms with Gasteiger partial charge >= 0.3 is 0 Å². The molecular formula is C11H13N3O2S2. The van der Waals surface area contributed by atoms with Gasteiger partial charge in [0, 0.05) is 10.6 Å². The minimum Gasteiger partial charge on any atom is -0.281 e. The highest BCUT2D eigenvalue weighted by Crippen LogP contribution is 2.20. The Bertz CT molecular complexity index is 633. The average molecular weight is 283 g/mol. The third kappa shape index (κ3) is 2.68. The van der Waals surface area contributed by atoms with Crippen molar-refractivity contribution in [1.29, 1.82) is 0 Å². The third-order valence-electron chi connectivity index (χ3n) is 2.42. The number of anilines is 1. The molecule has 0 atom stereocenters. The Morgan fingerprint density at radius 1 is 1.28 bits per heavy atom. The SMILES string of the molecule is CSc1ccc(NS(=O)(=O)c2cn[nH]c2C)cc1. The fourth-order valence-corrected chi connectivity index (χ4v) is 3.08. The third-order valence-corrected chi connectivity index (χ3v) is 4.65. The van der Waals surface area contributed by atoms with E-state index < -0.39 is 10.0 Å². The summed E-state index contributed by atoms with van der Waals surface area (Å²) in [6.07, 6.45) is 3.27. The Morgan fingerprint density at radius 2 is 1.94 bits per heavy atom. The predicted molar refractivity (Wildman–Crippen MR) is 72.4 cm³/mol. The largest absolute Gasteiger partial charge is 0.281 e. The summed E-state index contributed by atoms with van der Waals surface area (Å²) in [5.41, 5.74) is 1.05. The smallest absolute Gasteiger partial charge is 0.265 e. The monoisotopic (exact) mass is 283 g/mol. The van der Waals surface area contributed by atoms with Gasteiger partial charge in [-0.05, 0) is 37.4 Å². The zero-order chi connectivity index (χ0) is 13.2. The number of aromatic nitrogens is 2. The fourth-order valence-electron chi connectivity index (χ4n) is 1.48. The number of benzene rings is 1. The van der Waals surface area contributed by atoms with Gasteiger partial charge in [-0.25, -0.2) is 8.42 Å². The number of sulfonamides is 1. The van der Waals surface area contributed by atoms with E-state index in [0.717, 1.165) is 4.90 Å². The van der Waals surface area contributed by atoms with Crippen LogP contribution in [0.4, 0.5) is 5.69 Å². The lowest BCUT2D eigenvalue weighted by Gasteiger charge is -2.07. The van der Waals surface area contributed by atoms with Crippen LogP contribution in [-0.2, 0) is 10.0 Å². The van der Waals surface area contributed by atoms with Gasteiger partial charge in [0.1, 0.15) is 4.90 Å². The van der Waals surface area contributed by atoms with Crippen LogP contribution in [0.2, 0.25) is 0 Å². The number of aromatic amines is 1. The van der Waals surface area contributed by atoms with Crippen molar-refractivity contribution in [2.75, 3.05) is 11.0 Å². The molecule has 0 bridgehead atoms. The van der Waals surface area contributed by atoms with Gasteiger partial charge in [-0.1, -0.05) is 0 Å². The van der Waals surface area contributed by atoms with Gasteiger partial charge < -0.3 is 0 Å². The second kappa shape index (κ2) is 5.03. The first-order chi connectivity index (χ1) is 8.53. The van der Waals surface area contributed by atoms with Gasteiger partial charge in [0.2, 0.25) is 0 Å². The van der Waals surface area contributed by atoms with Crippen molar-refractivity contribution >= 4 is 27.5 Å². The molecule has 0 unspecified atom stereocenters. The highest BCUT2D eigenvalue weighted by Gasteiger charge is 2.18. The van der Waals surface area contributed by atoms with Crippen LogP contribution in [0.25, 0.3) is 0 Å². The molecule has 0 spiro atoms. The number of hydrogen-bond donors (Lipinski definition) is 2. The minimum absolute atomic E-state index is 0.163.